The van der Waals surface area contributed by atoms with E-state index >= 15 is 0 Å². The van der Waals surface area contributed by atoms with Crippen molar-refractivity contribution in [1.82, 2.24) is 29.5 Å². The summed E-state index contributed by atoms with van der Waals surface area (Å²) in [7, 11) is 0.669. The van der Waals surface area contributed by atoms with Crippen LogP contribution in [0.3, 0.4) is 0 Å². The van der Waals surface area contributed by atoms with Gasteiger partial charge in [0.1, 0.15) is 22.9 Å². The monoisotopic (exact) mass is 499 g/mol. The number of benzene rings is 1. The normalized spacial score (nSPS) is 11.3. The topological polar surface area (TPSA) is 135 Å². The number of hydrogen-bond donors (Lipinski definition) is 1. The van der Waals surface area contributed by atoms with Crippen molar-refractivity contribution in [2.24, 2.45) is 0 Å². The lowest BCUT2D eigenvalue weighted by atomic mass is 10.2. The molecule has 13 heteroatoms. The molecule has 0 atom stereocenters. The third kappa shape index (κ3) is 5.19. The first-order valence-corrected chi connectivity index (χ1v) is 12.2. The van der Waals surface area contributed by atoms with Crippen LogP contribution in [-0.4, -0.2) is 65.0 Å². The number of hydrogen-bond acceptors (Lipinski definition) is 9. The smallest absolute Gasteiger partial charge is 0.243 e. The second kappa shape index (κ2) is 10.0. The summed E-state index contributed by atoms with van der Waals surface area (Å²) in [6.45, 7) is 2.05. The Morgan fingerprint density at radius 3 is 2.31 bits per heavy atom. The Balaban J connectivity index is 1.80. The molecular formula is C22H25N7O5S. The van der Waals surface area contributed by atoms with Gasteiger partial charge in [-0.05, 0) is 30.7 Å². The molecule has 4 rings (SSSR count). The summed E-state index contributed by atoms with van der Waals surface area (Å²) >= 11 is 0. The van der Waals surface area contributed by atoms with E-state index in [1.807, 2.05) is 6.92 Å². The summed E-state index contributed by atoms with van der Waals surface area (Å²) in [5.74, 6) is 1.18. The molecule has 0 aliphatic carbocycles. The van der Waals surface area contributed by atoms with Crippen LogP contribution in [0, 0.1) is 6.92 Å². The van der Waals surface area contributed by atoms with Gasteiger partial charge >= 0.3 is 0 Å². The molecule has 0 bridgehead atoms. The van der Waals surface area contributed by atoms with Crippen LogP contribution >= 0.6 is 0 Å². The number of nitrogens with one attached hydrogen (secondary N) is 1. The summed E-state index contributed by atoms with van der Waals surface area (Å²) < 4.78 is 47.9. The number of rotatable bonds is 10. The van der Waals surface area contributed by atoms with Gasteiger partial charge in [0.05, 0.1) is 39.8 Å². The van der Waals surface area contributed by atoms with E-state index in [0.717, 1.165) is 5.56 Å². The maximum absolute atomic E-state index is 13.0. The number of anilines is 1. The molecule has 0 saturated carbocycles. The first kappa shape index (κ1) is 24.0. The van der Waals surface area contributed by atoms with Gasteiger partial charge in [0, 0.05) is 12.3 Å². The zero-order valence-corrected chi connectivity index (χ0v) is 20.5. The highest BCUT2D eigenvalue weighted by atomic mass is 32.2. The lowest BCUT2D eigenvalue weighted by molar-refractivity contribution is 0.391. The molecule has 0 radical (unpaired) electrons. The molecule has 35 heavy (non-hydrogen) atoms. The minimum atomic E-state index is -3.84. The molecular weight excluding hydrogens is 474 g/mol. The summed E-state index contributed by atoms with van der Waals surface area (Å²) in [4.78, 5) is 4.43. The van der Waals surface area contributed by atoms with Crippen LogP contribution in [0.1, 0.15) is 5.56 Å². The third-order valence-corrected chi connectivity index (χ3v) is 6.26. The molecule has 3 aromatic heterocycles. The number of ether oxygens (including phenoxy) is 3. The second-order valence-electron chi connectivity index (χ2n) is 7.46. The van der Waals surface area contributed by atoms with Crippen molar-refractivity contribution in [3.05, 3.63) is 54.4 Å². The Morgan fingerprint density at radius 2 is 1.69 bits per heavy atom. The van der Waals surface area contributed by atoms with Gasteiger partial charge in [-0.1, -0.05) is 12.1 Å². The van der Waals surface area contributed by atoms with Gasteiger partial charge in [-0.15, -0.1) is 10.2 Å². The average Bonchev–Trinajstić information content (AvgIpc) is 3.47. The Labute approximate surface area is 202 Å². The molecule has 0 aliphatic heterocycles. The molecule has 0 fully saturated rings. The van der Waals surface area contributed by atoms with Crippen molar-refractivity contribution in [3.63, 3.8) is 0 Å². The largest absolute Gasteiger partial charge is 0.494 e. The third-order valence-electron chi connectivity index (χ3n) is 5.05. The molecule has 3 heterocycles. The van der Waals surface area contributed by atoms with Crippen molar-refractivity contribution < 1.29 is 22.6 Å². The second-order valence-corrected chi connectivity index (χ2v) is 9.30. The molecule has 0 spiro atoms. The standard InChI is InChI=1S/C22H25N7O5S/c1-15-13-23-28(14-15)11-12-35(30,31)27-22-26-25-21(16-7-5-10-19(24-16)34-4)29(22)20-17(32-2)8-6-9-18(20)33-3/h5-10,13-14H,11-12H2,1-4H3,(H,26,27). The molecule has 1 N–H and O–H groups in total. The first-order chi connectivity index (χ1) is 16.8. The van der Waals surface area contributed by atoms with E-state index in [1.54, 1.807) is 53.5 Å². The van der Waals surface area contributed by atoms with E-state index < -0.39 is 10.0 Å². The minimum Gasteiger partial charge on any atom is -0.494 e. The molecule has 0 unspecified atom stereocenters. The highest BCUT2D eigenvalue weighted by Gasteiger charge is 2.25. The van der Waals surface area contributed by atoms with Crippen molar-refractivity contribution >= 4 is 16.0 Å². The average molecular weight is 500 g/mol. The summed E-state index contributed by atoms with van der Waals surface area (Å²) in [5.41, 5.74) is 1.75. The quantitative estimate of drug-likeness (QED) is 0.349. The van der Waals surface area contributed by atoms with Crippen molar-refractivity contribution in [3.8, 4) is 34.6 Å². The summed E-state index contributed by atoms with van der Waals surface area (Å²) in [5, 5.41) is 12.5. The lowest BCUT2D eigenvalue weighted by Crippen LogP contribution is -2.22. The maximum atomic E-state index is 13.0. The fourth-order valence-electron chi connectivity index (χ4n) is 3.43. The van der Waals surface area contributed by atoms with Crippen LogP contribution in [0.5, 0.6) is 17.4 Å². The van der Waals surface area contributed by atoms with Crippen LogP contribution in [0.4, 0.5) is 5.95 Å². The SMILES string of the molecule is COc1cccc(-c2nnc(NS(=O)(=O)CCn3cc(C)cn3)n2-c2c(OC)cccc2OC)n1. The predicted molar refractivity (Wildman–Crippen MR) is 129 cm³/mol. The van der Waals surface area contributed by atoms with Crippen LogP contribution in [-0.2, 0) is 16.6 Å². The Kier molecular flexibility index (Phi) is 6.87. The van der Waals surface area contributed by atoms with E-state index in [-0.39, 0.29) is 24.1 Å². The van der Waals surface area contributed by atoms with Gasteiger partial charge in [-0.25, -0.2) is 13.4 Å². The van der Waals surface area contributed by atoms with Gasteiger partial charge in [0.2, 0.25) is 21.9 Å². The van der Waals surface area contributed by atoms with Crippen LogP contribution in [0.15, 0.2) is 48.8 Å². The Bertz CT molecular complexity index is 1410. The number of aryl methyl sites for hydroxylation is 2. The molecule has 4 aromatic rings. The highest BCUT2D eigenvalue weighted by Crippen LogP contribution is 2.37. The van der Waals surface area contributed by atoms with Crippen molar-refractivity contribution in [1.29, 1.82) is 0 Å². The van der Waals surface area contributed by atoms with Crippen LogP contribution in [0.25, 0.3) is 17.2 Å². The lowest BCUT2D eigenvalue weighted by Gasteiger charge is -2.17. The minimum absolute atomic E-state index is 0.0518. The van der Waals surface area contributed by atoms with Crippen LogP contribution in [0.2, 0.25) is 0 Å². The predicted octanol–water partition coefficient (Wildman–Crippen LogP) is 2.30. The van der Waals surface area contributed by atoms with E-state index in [4.69, 9.17) is 14.2 Å². The van der Waals surface area contributed by atoms with Crippen molar-refractivity contribution in [2.45, 2.75) is 13.5 Å². The van der Waals surface area contributed by atoms with Gasteiger partial charge < -0.3 is 14.2 Å². The maximum Gasteiger partial charge on any atom is 0.243 e. The summed E-state index contributed by atoms with van der Waals surface area (Å²) in [6, 6.07) is 10.3. The zero-order valence-electron chi connectivity index (χ0n) is 19.7. The molecule has 0 amide bonds. The number of pyridine rings is 1. The van der Waals surface area contributed by atoms with E-state index in [2.05, 4.69) is 25.0 Å². The highest BCUT2D eigenvalue weighted by molar-refractivity contribution is 7.92. The summed E-state index contributed by atoms with van der Waals surface area (Å²) in [6.07, 6.45) is 3.43. The molecule has 184 valence electrons. The number of sulfonamides is 1. The Hall–Kier alpha value is -4.13. The number of methoxy groups -OCH3 is 3. The van der Waals surface area contributed by atoms with Gasteiger partial charge in [0.25, 0.3) is 0 Å². The van der Waals surface area contributed by atoms with Gasteiger partial charge in [0.15, 0.2) is 5.82 Å². The van der Waals surface area contributed by atoms with E-state index in [9.17, 15) is 8.42 Å². The van der Waals surface area contributed by atoms with Crippen molar-refractivity contribution in [2.75, 3.05) is 31.8 Å². The number of nitrogens with zero attached hydrogens (tertiary/aromatic N) is 6. The zero-order chi connectivity index (χ0) is 25.0. The van der Waals surface area contributed by atoms with E-state index in [1.165, 1.54) is 25.9 Å². The number of para-hydroxylation sites is 1. The molecule has 12 nitrogen and oxygen atoms in total. The van der Waals surface area contributed by atoms with E-state index in [0.29, 0.717) is 28.8 Å². The molecule has 0 saturated heterocycles. The molecule has 0 aliphatic rings. The fraction of sp³-hybridized carbons (Fsp3) is 0.273. The molecule has 1 aromatic carbocycles. The van der Waals surface area contributed by atoms with Crippen LogP contribution < -0.4 is 18.9 Å². The number of aromatic nitrogens is 6. The van der Waals surface area contributed by atoms with Gasteiger partial charge in [-0.3, -0.25) is 14.0 Å². The first-order valence-electron chi connectivity index (χ1n) is 10.5. The van der Waals surface area contributed by atoms with Gasteiger partial charge in [-0.2, -0.15) is 5.10 Å². The Morgan fingerprint density at radius 1 is 0.971 bits per heavy atom. The fourth-order valence-corrected chi connectivity index (χ4v) is 4.37.